The van der Waals surface area contributed by atoms with Crippen molar-refractivity contribution in [2.45, 2.75) is 58.1 Å². The van der Waals surface area contributed by atoms with Crippen LogP contribution in [0.5, 0.6) is 0 Å². The van der Waals surface area contributed by atoms with Crippen LogP contribution in [0.15, 0.2) is 47.4 Å². The van der Waals surface area contributed by atoms with Gasteiger partial charge < -0.3 is 20.4 Å². The molecular formula is C23H33FN4O. The SMILES string of the molecule is CC/C=C/C=C1\N(C)CCN1Cc1ccc(/C(N)=N\OC2CCCCC2)cc1F. The van der Waals surface area contributed by atoms with Crippen molar-refractivity contribution in [3.8, 4) is 0 Å². The van der Waals surface area contributed by atoms with Gasteiger partial charge in [0.25, 0.3) is 0 Å². The zero-order valence-corrected chi connectivity index (χ0v) is 17.6. The predicted octanol–water partition coefficient (Wildman–Crippen LogP) is 4.35. The Bertz CT molecular complexity index is 768. The normalized spacial score (nSPS) is 20.2. The van der Waals surface area contributed by atoms with Crippen molar-refractivity contribution < 1.29 is 9.23 Å². The van der Waals surface area contributed by atoms with Crippen LogP contribution in [-0.4, -0.2) is 41.9 Å². The number of nitrogens with zero attached hydrogens (tertiary/aromatic N) is 3. The van der Waals surface area contributed by atoms with Crippen LogP contribution < -0.4 is 5.73 Å². The van der Waals surface area contributed by atoms with E-state index in [2.05, 4.69) is 47.2 Å². The molecular weight excluding hydrogens is 367 g/mol. The van der Waals surface area contributed by atoms with Crippen molar-refractivity contribution in [1.29, 1.82) is 0 Å². The van der Waals surface area contributed by atoms with E-state index in [1.165, 1.54) is 25.3 Å². The molecule has 158 valence electrons. The van der Waals surface area contributed by atoms with Crippen molar-refractivity contribution >= 4 is 5.84 Å². The smallest absolute Gasteiger partial charge is 0.170 e. The molecule has 0 atom stereocenters. The molecule has 0 spiro atoms. The Balaban J connectivity index is 1.65. The first-order chi connectivity index (χ1) is 14.1. The fraction of sp³-hybridized carbons (Fsp3) is 0.522. The molecule has 1 aromatic carbocycles. The fourth-order valence-corrected chi connectivity index (χ4v) is 3.82. The molecule has 0 aromatic heterocycles. The number of halogens is 1. The molecule has 6 heteroatoms. The molecule has 0 radical (unpaired) electrons. The van der Waals surface area contributed by atoms with E-state index < -0.39 is 0 Å². The maximum atomic E-state index is 14.8. The van der Waals surface area contributed by atoms with Crippen LogP contribution in [0.1, 0.15) is 56.6 Å². The third kappa shape index (κ3) is 5.75. The average Bonchev–Trinajstić information content (AvgIpc) is 3.08. The summed E-state index contributed by atoms with van der Waals surface area (Å²) in [6, 6.07) is 5.08. The zero-order valence-electron chi connectivity index (χ0n) is 17.6. The van der Waals surface area contributed by atoms with E-state index in [0.29, 0.717) is 17.7 Å². The number of amidine groups is 1. The van der Waals surface area contributed by atoms with Gasteiger partial charge in [0.05, 0.1) is 0 Å². The highest BCUT2D eigenvalue weighted by molar-refractivity contribution is 5.97. The van der Waals surface area contributed by atoms with E-state index in [1.54, 1.807) is 6.07 Å². The zero-order chi connectivity index (χ0) is 20.6. The average molecular weight is 401 g/mol. The number of rotatable bonds is 7. The van der Waals surface area contributed by atoms with Crippen LogP contribution >= 0.6 is 0 Å². The van der Waals surface area contributed by atoms with Crippen LogP contribution in [0.25, 0.3) is 0 Å². The molecule has 1 aliphatic heterocycles. The van der Waals surface area contributed by atoms with Gasteiger partial charge >= 0.3 is 0 Å². The van der Waals surface area contributed by atoms with Gasteiger partial charge in [-0.1, -0.05) is 42.8 Å². The van der Waals surface area contributed by atoms with Gasteiger partial charge in [-0.3, -0.25) is 0 Å². The Hall–Kier alpha value is -2.50. The van der Waals surface area contributed by atoms with Crippen molar-refractivity contribution in [3.63, 3.8) is 0 Å². The lowest BCUT2D eigenvalue weighted by molar-refractivity contribution is 0.0328. The Morgan fingerprint density at radius 1 is 1.28 bits per heavy atom. The van der Waals surface area contributed by atoms with Crippen LogP contribution in [0, 0.1) is 5.82 Å². The Morgan fingerprint density at radius 2 is 2.07 bits per heavy atom. The van der Waals surface area contributed by atoms with Gasteiger partial charge in [-0.15, -0.1) is 0 Å². The van der Waals surface area contributed by atoms with E-state index >= 15 is 0 Å². The highest BCUT2D eigenvalue weighted by Crippen LogP contribution is 2.23. The van der Waals surface area contributed by atoms with Crippen LogP contribution in [-0.2, 0) is 11.4 Å². The lowest BCUT2D eigenvalue weighted by atomic mass is 9.98. The summed E-state index contributed by atoms with van der Waals surface area (Å²) in [6.45, 7) is 4.45. The molecule has 2 fully saturated rings. The number of hydrogen-bond acceptors (Lipinski definition) is 4. The number of nitrogens with two attached hydrogens (primary N) is 1. The van der Waals surface area contributed by atoms with Gasteiger partial charge in [-0.05, 0) is 44.2 Å². The maximum Gasteiger partial charge on any atom is 0.170 e. The predicted molar refractivity (Wildman–Crippen MR) is 116 cm³/mol. The van der Waals surface area contributed by atoms with Gasteiger partial charge in [0.2, 0.25) is 0 Å². The van der Waals surface area contributed by atoms with Gasteiger partial charge in [-0.2, -0.15) is 0 Å². The standard InChI is InChI=1S/C23H33FN4O/c1-3-4-6-11-22-27(2)14-15-28(22)17-19-13-12-18(16-21(19)24)23(25)26-29-20-9-7-5-8-10-20/h4,6,11-13,16,20H,3,5,7-10,14-15,17H2,1-2H3,(H2,25,26)/b6-4+,22-11+. The monoisotopic (exact) mass is 400 g/mol. The number of hydrogen-bond donors (Lipinski definition) is 1. The number of likely N-dealkylation sites (N-methyl/N-ethyl adjacent to an activating group) is 1. The van der Waals surface area contributed by atoms with Crippen molar-refractivity contribution in [2.24, 2.45) is 10.9 Å². The number of benzene rings is 1. The summed E-state index contributed by atoms with van der Waals surface area (Å²) in [7, 11) is 2.06. The van der Waals surface area contributed by atoms with Gasteiger partial charge in [0, 0.05) is 37.8 Å². The van der Waals surface area contributed by atoms with Gasteiger partial charge in [0.1, 0.15) is 17.7 Å². The minimum atomic E-state index is -0.267. The van der Waals surface area contributed by atoms with Crippen molar-refractivity contribution in [1.82, 2.24) is 9.80 Å². The first-order valence-corrected chi connectivity index (χ1v) is 10.7. The van der Waals surface area contributed by atoms with Crippen molar-refractivity contribution in [2.75, 3.05) is 20.1 Å². The summed E-state index contributed by atoms with van der Waals surface area (Å²) in [5.74, 6) is 1.07. The Labute approximate surface area is 173 Å². The Kier molecular flexibility index (Phi) is 7.55. The number of oxime groups is 1. The summed E-state index contributed by atoms with van der Waals surface area (Å²) in [5.41, 5.74) is 7.23. The topological polar surface area (TPSA) is 54.1 Å². The van der Waals surface area contributed by atoms with Gasteiger partial charge in [0.15, 0.2) is 5.84 Å². The minimum absolute atomic E-state index is 0.130. The lowest BCUT2D eigenvalue weighted by Gasteiger charge is -2.22. The van der Waals surface area contributed by atoms with E-state index in [4.69, 9.17) is 10.6 Å². The minimum Gasteiger partial charge on any atom is -0.391 e. The summed E-state index contributed by atoms with van der Waals surface area (Å²) in [5, 5.41) is 4.05. The molecule has 2 N–H and O–H groups in total. The van der Waals surface area contributed by atoms with Crippen LogP contribution in [0.3, 0.4) is 0 Å². The lowest BCUT2D eigenvalue weighted by Crippen LogP contribution is -2.22. The molecule has 0 amide bonds. The quantitative estimate of drug-likeness (QED) is 0.420. The van der Waals surface area contributed by atoms with Crippen LogP contribution in [0.2, 0.25) is 0 Å². The molecule has 1 saturated heterocycles. The maximum absolute atomic E-state index is 14.8. The second kappa shape index (κ2) is 10.3. The van der Waals surface area contributed by atoms with Crippen molar-refractivity contribution in [3.05, 3.63) is 59.2 Å². The van der Waals surface area contributed by atoms with Crippen LogP contribution in [0.4, 0.5) is 4.39 Å². The summed E-state index contributed by atoms with van der Waals surface area (Å²) in [6.07, 6.45) is 13.0. The van der Waals surface area contributed by atoms with E-state index in [0.717, 1.165) is 38.2 Å². The third-order valence-electron chi connectivity index (χ3n) is 5.60. The largest absolute Gasteiger partial charge is 0.391 e. The summed E-state index contributed by atoms with van der Waals surface area (Å²) >= 11 is 0. The van der Waals surface area contributed by atoms with E-state index in [-0.39, 0.29) is 17.8 Å². The molecule has 29 heavy (non-hydrogen) atoms. The molecule has 0 bridgehead atoms. The molecule has 1 aliphatic carbocycles. The molecule has 0 unspecified atom stereocenters. The van der Waals surface area contributed by atoms with Gasteiger partial charge in [-0.25, -0.2) is 4.39 Å². The molecule has 1 saturated carbocycles. The molecule has 5 nitrogen and oxygen atoms in total. The summed E-state index contributed by atoms with van der Waals surface area (Å²) < 4.78 is 14.8. The fourth-order valence-electron chi connectivity index (χ4n) is 3.82. The van der Waals surface area contributed by atoms with E-state index in [9.17, 15) is 4.39 Å². The molecule has 3 rings (SSSR count). The Morgan fingerprint density at radius 3 is 2.79 bits per heavy atom. The second-order valence-electron chi connectivity index (χ2n) is 7.85. The highest BCUT2D eigenvalue weighted by Gasteiger charge is 2.22. The first kappa shape index (κ1) is 21.2. The van der Waals surface area contributed by atoms with E-state index in [1.807, 2.05) is 6.07 Å². The first-order valence-electron chi connectivity index (χ1n) is 10.7. The molecule has 1 aromatic rings. The second-order valence-corrected chi connectivity index (χ2v) is 7.85. The highest BCUT2D eigenvalue weighted by atomic mass is 19.1. The molecule has 1 heterocycles. The number of allylic oxidation sites excluding steroid dienone is 3. The third-order valence-corrected chi connectivity index (χ3v) is 5.60. The molecule has 2 aliphatic rings. The summed E-state index contributed by atoms with van der Waals surface area (Å²) in [4.78, 5) is 9.95.